The Morgan fingerprint density at radius 1 is 0.962 bits per heavy atom. The molecular formula is C62H85N5O11. The number of aromatic nitrogens is 1. The lowest BCUT2D eigenvalue weighted by atomic mass is 9.44. The first-order chi connectivity index (χ1) is 37.1. The van der Waals surface area contributed by atoms with Crippen LogP contribution in [0.3, 0.4) is 0 Å². The number of phenolic OH excluding ortho intramolecular Hbond substituents is 1. The first kappa shape index (κ1) is 56.3. The molecule has 1 aromatic heterocycles. The van der Waals surface area contributed by atoms with Gasteiger partial charge >= 0.3 is 5.97 Å². The number of carbonyl (C=O) groups excluding carboxylic acids is 3. The zero-order valence-electron chi connectivity index (χ0n) is 45.9. The van der Waals surface area contributed by atoms with Crippen LogP contribution in [0.2, 0.25) is 0 Å². The molecule has 0 unspecified atom stereocenters. The molecule has 1 aromatic carbocycles. The lowest BCUT2D eigenvalue weighted by Crippen LogP contribution is -2.66. The molecule has 16 heteroatoms. The molecule has 424 valence electrons. The number of allylic oxidation sites excluding steroid dienone is 3. The number of nitrogens with zero attached hydrogens (tertiary/aromatic N) is 1. The molecule has 2 heterocycles. The largest absolute Gasteiger partial charge is 0.508 e. The van der Waals surface area contributed by atoms with Gasteiger partial charge in [-0.05, 0) is 172 Å². The van der Waals surface area contributed by atoms with Gasteiger partial charge in [0.05, 0.1) is 54.3 Å². The van der Waals surface area contributed by atoms with Gasteiger partial charge in [0.15, 0.2) is 17.5 Å². The SMILES string of the molecule is C[C@H]1CCC2=CC[C@@H]3[C@@H](C[C@@H]([C@H]4COC(=O)[C@H]4c4cc[nH]c4)C#CC[C@H]4C[C@@]5(O)C6=C(N[C@@H](CO)C(=O)CCc7ccc(O)cc7)C(=O)[C@@H]7C[C@@H](O)[C@@H](O)C[C@]7(C)[C@H]6CC[C@]5(CCN=C(N)N)[C@H]4[C@@](C)(O)[C@H](O)C[C@H]3C)[C@@H]2C1. The Kier molecular flexibility index (Phi) is 15.7. The van der Waals surface area contributed by atoms with Gasteiger partial charge in [0, 0.05) is 60.9 Å². The normalized spacial score (nSPS) is 41.7. The molecule has 1 aliphatic heterocycles. The predicted molar refractivity (Wildman–Crippen MR) is 292 cm³/mol. The summed E-state index contributed by atoms with van der Waals surface area (Å²) in [5.41, 5.74) is 9.38. The van der Waals surface area contributed by atoms with Crippen molar-refractivity contribution in [3.63, 3.8) is 0 Å². The monoisotopic (exact) mass is 1080 g/mol. The zero-order chi connectivity index (χ0) is 55.6. The van der Waals surface area contributed by atoms with Gasteiger partial charge in [-0.3, -0.25) is 19.4 Å². The van der Waals surface area contributed by atoms with Crippen LogP contribution in [0.15, 0.2) is 70.6 Å². The Labute approximate surface area is 459 Å². The van der Waals surface area contributed by atoms with E-state index in [1.54, 1.807) is 19.1 Å². The van der Waals surface area contributed by atoms with Crippen LogP contribution in [0.5, 0.6) is 5.75 Å². The number of ketones is 2. The highest BCUT2D eigenvalue weighted by atomic mass is 16.5. The number of esters is 1. The quantitative estimate of drug-likeness (QED) is 0.0435. The Morgan fingerprint density at radius 2 is 1.73 bits per heavy atom. The number of aliphatic imine (C=N–C) groups is 1. The van der Waals surface area contributed by atoms with Crippen LogP contribution in [0, 0.1) is 87.8 Å². The first-order valence-electron chi connectivity index (χ1n) is 29.1. The Morgan fingerprint density at radius 3 is 2.45 bits per heavy atom. The lowest BCUT2D eigenvalue weighted by molar-refractivity contribution is -0.190. The van der Waals surface area contributed by atoms with Gasteiger partial charge in [-0.15, -0.1) is 5.92 Å². The molecule has 5 fully saturated rings. The average molecular weight is 1080 g/mol. The number of Topliss-reactive ketones (excluding diaryl/α,β-unsaturated/α-hetero) is 2. The van der Waals surface area contributed by atoms with E-state index in [1.165, 1.54) is 17.7 Å². The third kappa shape index (κ3) is 9.84. The van der Waals surface area contributed by atoms with E-state index in [0.717, 1.165) is 43.2 Å². The van der Waals surface area contributed by atoms with Gasteiger partial charge in [0.1, 0.15) is 11.8 Å². The van der Waals surface area contributed by atoms with Crippen LogP contribution in [0.1, 0.15) is 135 Å². The van der Waals surface area contributed by atoms with E-state index in [4.69, 9.17) is 16.2 Å². The summed E-state index contributed by atoms with van der Waals surface area (Å²) in [5, 5.41) is 87.9. The highest BCUT2D eigenvalue weighted by molar-refractivity contribution is 6.01. The highest BCUT2D eigenvalue weighted by Crippen LogP contribution is 2.72. The summed E-state index contributed by atoms with van der Waals surface area (Å²) in [6, 6.07) is 7.14. The van der Waals surface area contributed by atoms with E-state index in [1.807, 2.05) is 25.4 Å². The van der Waals surface area contributed by atoms with E-state index in [9.17, 15) is 45.3 Å². The molecular weight excluding hydrogens is 991 g/mol. The summed E-state index contributed by atoms with van der Waals surface area (Å²) < 4.78 is 5.93. The molecule has 2 aromatic rings. The molecule has 10 rings (SSSR count). The van der Waals surface area contributed by atoms with Crippen LogP contribution in [-0.2, 0) is 25.5 Å². The van der Waals surface area contributed by atoms with Crippen LogP contribution < -0.4 is 16.8 Å². The topological polar surface area (TPSA) is 294 Å². The van der Waals surface area contributed by atoms with Crippen LogP contribution in [0.25, 0.3) is 0 Å². The number of aryl methyl sites for hydroxylation is 1. The third-order valence-electron chi connectivity index (χ3n) is 21.6. The number of aromatic hydroxyl groups is 1. The number of phenols is 1. The van der Waals surface area contributed by atoms with Crippen molar-refractivity contribution in [2.24, 2.45) is 92.4 Å². The molecule has 4 saturated carbocycles. The number of aliphatic hydroxyl groups excluding tert-OH is 4. The Hall–Kier alpha value is -5.02. The molecule has 0 spiro atoms. The second-order valence-electron chi connectivity index (χ2n) is 26.0. The summed E-state index contributed by atoms with van der Waals surface area (Å²) in [4.78, 5) is 51.3. The van der Waals surface area contributed by atoms with E-state index >= 15 is 4.79 Å². The molecule has 78 heavy (non-hydrogen) atoms. The summed E-state index contributed by atoms with van der Waals surface area (Å²) in [5.74, 6) is 3.40. The number of fused-ring (bicyclic) bond motifs is 10. The lowest BCUT2D eigenvalue weighted by Gasteiger charge is -2.62. The van der Waals surface area contributed by atoms with E-state index in [2.05, 4.69) is 47.1 Å². The summed E-state index contributed by atoms with van der Waals surface area (Å²) in [6.45, 7) is 7.71. The number of benzene rings is 1. The minimum Gasteiger partial charge on any atom is -0.508 e. The number of carbonyl (C=O) groups is 3. The third-order valence-corrected chi connectivity index (χ3v) is 21.6. The van der Waals surface area contributed by atoms with E-state index in [-0.39, 0.29) is 117 Å². The number of cyclic esters (lactones) is 1. The number of nitrogens with one attached hydrogen (secondary N) is 2. The van der Waals surface area contributed by atoms with Gasteiger partial charge in [0.2, 0.25) is 0 Å². The molecule has 0 amide bonds. The number of guanidine groups is 1. The molecule has 20 atom stereocenters. The van der Waals surface area contributed by atoms with Gasteiger partial charge < -0.3 is 62.3 Å². The van der Waals surface area contributed by atoms with Crippen molar-refractivity contribution < 1.29 is 54.9 Å². The van der Waals surface area contributed by atoms with Crippen LogP contribution in [0.4, 0.5) is 0 Å². The van der Waals surface area contributed by atoms with Crippen LogP contribution in [-0.4, -0.2) is 120 Å². The van der Waals surface area contributed by atoms with E-state index in [0.29, 0.717) is 36.7 Å². The maximum Gasteiger partial charge on any atom is 0.313 e. The number of H-pyrrole nitrogens is 1. The van der Waals surface area contributed by atoms with Crippen molar-refractivity contribution in [1.29, 1.82) is 0 Å². The first-order valence-corrected chi connectivity index (χ1v) is 29.1. The highest BCUT2D eigenvalue weighted by Gasteiger charge is 2.74. The maximum absolute atomic E-state index is 15.6. The van der Waals surface area contributed by atoms with Crippen molar-refractivity contribution in [2.75, 3.05) is 19.8 Å². The number of ether oxygens (including phenoxy) is 1. The number of hydrogen-bond acceptors (Lipinski definition) is 13. The molecule has 8 aliphatic rings. The molecule has 0 bridgehead atoms. The summed E-state index contributed by atoms with van der Waals surface area (Å²) >= 11 is 0. The Balaban J connectivity index is 1.12. The number of aliphatic hydroxyl groups is 6. The van der Waals surface area contributed by atoms with Crippen molar-refractivity contribution >= 4 is 23.5 Å². The Bertz CT molecular complexity index is 2720. The fraction of sp³-hybridized carbons (Fsp3) is 0.677. The van der Waals surface area contributed by atoms with Gasteiger partial charge in [-0.25, -0.2) is 0 Å². The minimum atomic E-state index is -1.95. The molecule has 1 saturated heterocycles. The fourth-order valence-electron chi connectivity index (χ4n) is 17.8. The van der Waals surface area contributed by atoms with Crippen LogP contribution >= 0.6 is 0 Å². The van der Waals surface area contributed by atoms with E-state index < -0.39 is 88.4 Å². The second kappa shape index (κ2) is 21.8. The maximum atomic E-state index is 15.6. The average Bonchev–Trinajstić information content (AvgIpc) is 4.13. The zero-order valence-corrected chi connectivity index (χ0v) is 45.9. The number of hydrogen-bond donors (Lipinski definition) is 11. The summed E-state index contributed by atoms with van der Waals surface area (Å²) in [7, 11) is 0. The van der Waals surface area contributed by atoms with Crippen molar-refractivity contribution in [3.05, 3.63) is 76.8 Å². The number of aromatic amines is 1. The molecule has 13 N–H and O–H groups in total. The molecule has 7 aliphatic carbocycles. The number of rotatable bonds is 12. The van der Waals surface area contributed by atoms with Gasteiger partial charge in [-0.1, -0.05) is 50.5 Å². The van der Waals surface area contributed by atoms with Crippen molar-refractivity contribution in [1.82, 2.24) is 10.3 Å². The number of nitrogens with two attached hydrogens (primary N) is 2. The summed E-state index contributed by atoms with van der Waals surface area (Å²) in [6.07, 6.45) is 8.73. The van der Waals surface area contributed by atoms with Gasteiger partial charge in [0.25, 0.3) is 0 Å². The van der Waals surface area contributed by atoms with Crippen molar-refractivity contribution in [2.45, 2.75) is 165 Å². The second-order valence-corrected chi connectivity index (χ2v) is 26.0. The molecule has 0 radical (unpaired) electrons. The fourth-order valence-corrected chi connectivity index (χ4v) is 17.8. The minimum absolute atomic E-state index is 0.0123. The standard InChI is InChI=1S/C62H85N5O11/c1-33-8-12-36-13-16-41-34(2)25-51(73)60(4,76)56-38(7-5-6-37(26-43(41)42(36)24-33)44-32-78-57(75)52(44)39-19-22-65-30-39)28-62(77)53-45(18-20-61(56,62)21-23-66-58(63)64)59(3)29-50(72)49(71)27-46(59)55(74)54(53)67-47(31-68)48(70)17-11-35-9-14-40(69)15-10-35/h9-10,13-15,19,22,30,33-34,37-38,41-47,49-52,56,65,67-69,71-73,76-77H,7-8,11-12,16-18,20-21,23-29,31-32H2,1-4H3,(H4,63,64,66)/t33-,34+,37-,38-,41-,42+,43+,44+,45-,46-,47-,49+,50-,51+,52-,56+,59+,60-,61-,62+/m0/s1. The molecule has 16 nitrogen and oxygen atoms in total. The smallest absolute Gasteiger partial charge is 0.313 e. The predicted octanol–water partition coefficient (Wildman–Crippen LogP) is 5.08. The van der Waals surface area contributed by atoms with Gasteiger partial charge in [-0.2, -0.15) is 0 Å². The van der Waals surface area contributed by atoms with Crippen molar-refractivity contribution in [3.8, 4) is 17.6 Å².